The third kappa shape index (κ3) is 3.32. The molecule has 1 aliphatic rings. The molecule has 14 heavy (non-hydrogen) atoms. The highest BCUT2D eigenvalue weighted by molar-refractivity contribution is 5.95. The summed E-state index contributed by atoms with van der Waals surface area (Å²) in [4.78, 5) is 21.7. The van der Waals surface area contributed by atoms with Crippen molar-refractivity contribution in [1.82, 2.24) is 0 Å². The van der Waals surface area contributed by atoms with E-state index in [9.17, 15) is 9.59 Å². The van der Waals surface area contributed by atoms with Gasteiger partial charge in [-0.1, -0.05) is 26.0 Å². The molecule has 0 aliphatic carbocycles. The second-order valence-corrected chi connectivity index (χ2v) is 4.00. The first-order valence-electron chi connectivity index (χ1n) is 5.00. The van der Waals surface area contributed by atoms with E-state index in [-0.39, 0.29) is 12.3 Å². The summed E-state index contributed by atoms with van der Waals surface area (Å²) in [6.07, 6.45) is 6.01. The van der Waals surface area contributed by atoms with Crippen LogP contribution in [0.4, 0.5) is 0 Å². The number of ether oxygens (including phenoxy) is 1. The van der Waals surface area contributed by atoms with Crippen molar-refractivity contribution in [3.05, 3.63) is 12.2 Å². The van der Waals surface area contributed by atoms with Crippen LogP contribution in [0, 0.1) is 11.8 Å². The van der Waals surface area contributed by atoms with Crippen LogP contribution < -0.4 is 0 Å². The number of esters is 2. The Kier molecular flexibility index (Phi) is 3.86. The molecule has 0 aromatic rings. The Bertz CT molecular complexity index is 253. The molecule has 0 spiro atoms. The van der Waals surface area contributed by atoms with E-state index in [1.807, 2.05) is 6.08 Å². The molecule has 0 bridgehead atoms. The van der Waals surface area contributed by atoms with E-state index in [2.05, 4.69) is 18.6 Å². The Morgan fingerprint density at radius 1 is 1.50 bits per heavy atom. The fraction of sp³-hybridized carbons (Fsp3) is 0.636. The van der Waals surface area contributed by atoms with Gasteiger partial charge >= 0.3 is 11.9 Å². The lowest BCUT2D eigenvalue weighted by atomic mass is 10.0. The highest BCUT2D eigenvalue weighted by atomic mass is 16.6. The van der Waals surface area contributed by atoms with Gasteiger partial charge in [-0.3, -0.25) is 9.59 Å². The zero-order valence-electron chi connectivity index (χ0n) is 8.66. The molecule has 0 amide bonds. The van der Waals surface area contributed by atoms with Crippen LogP contribution >= 0.6 is 0 Å². The number of rotatable bonds is 4. The summed E-state index contributed by atoms with van der Waals surface area (Å²) in [6.45, 7) is 4.31. The molecule has 0 N–H and O–H groups in total. The Labute approximate surface area is 84.1 Å². The van der Waals surface area contributed by atoms with Crippen molar-refractivity contribution in [2.45, 2.75) is 33.1 Å². The van der Waals surface area contributed by atoms with Crippen molar-refractivity contribution in [2.75, 3.05) is 0 Å². The van der Waals surface area contributed by atoms with Crippen LogP contribution in [0.5, 0.6) is 0 Å². The third-order valence-corrected chi connectivity index (χ3v) is 2.18. The highest BCUT2D eigenvalue weighted by Crippen LogP contribution is 2.17. The Morgan fingerprint density at radius 3 is 2.71 bits per heavy atom. The molecule has 0 aromatic carbocycles. The molecule has 1 saturated heterocycles. The fourth-order valence-corrected chi connectivity index (χ4v) is 1.33. The largest absolute Gasteiger partial charge is 0.393 e. The SMILES string of the molecule is CC(C)CCC=CC1CC(=O)OC1=O. The Morgan fingerprint density at radius 2 is 2.21 bits per heavy atom. The number of hydrogen-bond acceptors (Lipinski definition) is 3. The van der Waals surface area contributed by atoms with Gasteiger partial charge in [0.05, 0.1) is 12.3 Å². The molecule has 1 atom stereocenters. The predicted octanol–water partition coefficient (Wildman–Crippen LogP) is 2.07. The number of cyclic esters (lactones) is 2. The van der Waals surface area contributed by atoms with Crippen molar-refractivity contribution in [1.29, 1.82) is 0 Å². The van der Waals surface area contributed by atoms with Gasteiger partial charge in [0.15, 0.2) is 0 Å². The number of carbonyl (C=O) groups excluding carboxylic acids is 2. The summed E-state index contributed by atoms with van der Waals surface area (Å²) < 4.78 is 4.42. The zero-order valence-corrected chi connectivity index (χ0v) is 8.66. The molecule has 1 heterocycles. The maximum absolute atomic E-state index is 11.0. The van der Waals surface area contributed by atoms with Crippen LogP contribution in [-0.2, 0) is 14.3 Å². The van der Waals surface area contributed by atoms with Crippen molar-refractivity contribution in [3.8, 4) is 0 Å². The van der Waals surface area contributed by atoms with E-state index in [1.165, 1.54) is 0 Å². The topological polar surface area (TPSA) is 43.4 Å². The summed E-state index contributed by atoms with van der Waals surface area (Å²) in [5.41, 5.74) is 0. The predicted molar refractivity (Wildman–Crippen MR) is 52.4 cm³/mol. The lowest BCUT2D eigenvalue weighted by molar-refractivity contribution is -0.152. The van der Waals surface area contributed by atoms with Crippen LogP contribution in [0.15, 0.2) is 12.2 Å². The van der Waals surface area contributed by atoms with Gasteiger partial charge in [-0.05, 0) is 18.8 Å². The molecule has 1 aliphatic heterocycles. The summed E-state index contributed by atoms with van der Waals surface area (Å²) in [5.74, 6) is -0.490. The van der Waals surface area contributed by atoms with Crippen molar-refractivity contribution >= 4 is 11.9 Å². The standard InChI is InChI=1S/C11H16O3/c1-8(2)5-3-4-6-9-7-10(12)14-11(9)13/h4,6,8-9H,3,5,7H2,1-2H3. The summed E-state index contributed by atoms with van der Waals surface area (Å²) in [7, 11) is 0. The molecule has 1 fully saturated rings. The third-order valence-electron chi connectivity index (χ3n) is 2.18. The number of carbonyl (C=O) groups is 2. The first-order chi connectivity index (χ1) is 6.59. The molecular weight excluding hydrogens is 180 g/mol. The maximum atomic E-state index is 11.0. The average molecular weight is 196 g/mol. The summed E-state index contributed by atoms with van der Waals surface area (Å²) in [6, 6.07) is 0. The van der Waals surface area contributed by atoms with Crippen molar-refractivity contribution in [3.63, 3.8) is 0 Å². The van der Waals surface area contributed by atoms with Gasteiger partial charge in [-0.25, -0.2) is 0 Å². The summed E-state index contributed by atoms with van der Waals surface area (Å²) in [5, 5.41) is 0. The number of hydrogen-bond donors (Lipinski definition) is 0. The monoisotopic (exact) mass is 196 g/mol. The van der Waals surface area contributed by atoms with E-state index in [4.69, 9.17) is 0 Å². The molecule has 78 valence electrons. The van der Waals surface area contributed by atoms with Crippen molar-refractivity contribution < 1.29 is 14.3 Å². The van der Waals surface area contributed by atoms with E-state index in [0.717, 1.165) is 12.8 Å². The van der Waals surface area contributed by atoms with Crippen LogP contribution in [-0.4, -0.2) is 11.9 Å². The van der Waals surface area contributed by atoms with Gasteiger partial charge in [0.25, 0.3) is 0 Å². The van der Waals surface area contributed by atoms with Crippen LogP contribution in [0.3, 0.4) is 0 Å². The summed E-state index contributed by atoms with van der Waals surface area (Å²) >= 11 is 0. The lowest BCUT2D eigenvalue weighted by Crippen LogP contribution is -2.03. The Hall–Kier alpha value is -1.12. The quantitative estimate of drug-likeness (QED) is 0.392. The van der Waals surface area contributed by atoms with Gasteiger partial charge in [0.1, 0.15) is 0 Å². The molecular formula is C11H16O3. The molecule has 3 nitrogen and oxygen atoms in total. The highest BCUT2D eigenvalue weighted by Gasteiger charge is 2.30. The van der Waals surface area contributed by atoms with Crippen molar-refractivity contribution in [2.24, 2.45) is 11.8 Å². The smallest absolute Gasteiger partial charge is 0.321 e. The van der Waals surface area contributed by atoms with E-state index >= 15 is 0 Å². The minimum atomic E-state index is -0.409. The van der Waals surface area contributed by atoms with E-state index in [0.29, 0.717) is 5.92 Å². The number of allylic oxidation sites excluding steroid dienone is 1. The Balaban J connectivity index is 2.30. The van der Waals surface area contributed by atoms with Gasteiger partial charge < -0.3 is 4.74 Å². The zero-order chi connectivity index (χ0) is 10.6. The van der Waals surface area contributed by atoms with Crippen LogP contribution in [0.1, 0.15) is 33.1 Å². The van der Waals surface area contributed by atoms with E-state index < -0.39 is 11.9 Å². The van der Waals surface area contributed by atoms with Crippen LogP contribution in [0.2, 0.25) is 0 Å². The lowest BCUT2D eigenvalue weighted by Gasteiger charge is -1.99. The van der Waals surface area contributed by atoms with Gasteiger partial charge in [-0.2, -0.15) is 0 Å². The maximum Gasteiger partial charge on any atom is 0.321 e. The first kappa shape index (κ1) is 11.0. The van der Waals surface area contributed by atoms with Gasteiger partial charge in [-0.15, -0.1) is 0 Å². The van der Waals surface area contributed by atoms with Gasteiger partial charge in [0, 0.05) is 0 Å². The molecule has 1 rings (SSSR count). The normalized spacial score (nSPS) is 22.4. The molecule has 0 aromatic heterocycles. The minimum Gasteiger partial charge on any atom is -0.393 e. The molecule has 1 unspecified atom stereocenters. The average Bonchev–Trinajstić information content (AvgIpc) is 2.39. The molecule has 0 saturated carbocycles. The fourth-order valence-electron chi connectivity index (χ4n) is 1.33. The van der Waals surface area contributed by atoms with E-state index in [1.54, 1.807) is 6.08 Å². The molecule has 0 radical (unpaired) electrons. The molecule has 3 heteroatoms. The second-order valence-electron chi connectivity index (χ2n) is 4.00. The van der Waals surface area contributed by atoms with Gasteiger partial charge in [0.2, 0.25) is 0 Å². The van der Waals surface area contributed by atoms with Crippen LogP contribution in [0.25, 0.3) is 0 Å². The minimum absolute atomic E-state index is 0.205. The first-order valence-corrected chi connectivity index (χ1v) is 5.00. The second kappa shape index (κ2) is 4.94.